The van der Waals surface area contributed by atoms with Crippen molar-refractivity contribution in [3.8, 4) is 0 Å². The molecule has 0 saturated carbocycles. The maximum atomic E-state index is 5.20. The first-order chi connectivity index (χ1) is 7.69. The van der Waals surface area contributed by atoms with Crippen molar-refractivity contribution < 1.29 is 4.74 Å². The maximum Gasteiger partial charge on any atom is 0.0733 e. The number of benzene rings is 1. The molecule has 1 aromatic carbocycles. The van der Waals surface area contributed by atoms with E-state index in [0.717, 1.165) is 6.42 Å². The number of rotatable bonds is 6. The van der Waals surface area contributed by atoms with Crippen molar-refractivity contribution in [2.45, 2.75) is 39.8 Å². The van der Waals surface area contributed by atoms with E-state index < -0.39 is 0 Å². The number of hydrogen-bond acceptors (Lipinski definition) is 2. The third kappa shape index (κ3) is 3.53. The summed E-state index contributed by atoms with van der Waals surface area (Å²) < 4.78 is 5.20. The van der Waals surface area contributed by atoms with Gasteiger partial charge >= 0.3 is 0 Å². The van der Waals surface area contributed by atoms with Gasteiger partial charge in [0.15, 0.2) is 0 Å². The molecule has 1 N–H and O–H groups in total. The van der Waals surface area contributed by atoms with Crippen molar-refractivity contribution in [2.24, 2.45) is 5.92 Å². The number of ether oxygens (including phenoxy) is 1. The van der Waals surface area contributed by atoms with Crippen LogP contribution in [0.2, 0.25) is 0 Å². The van der Waals surface area contributed by atoms with Gasteiger partial charge in [-0.1, -0.05) is 39.0 Å². The normalized spacial score (nSPS) is 12.8. The van der Waals surface area contributed by atoms with E-state index in [1.807, 2.05) is 0 Å². The molecule has 90 valence electrons. The van der Waals surface area contributed by atoms with Gasteiger partial charge in [0.05, 0.1) is 6.61 Å². The molecule has 0 spiro atoms. The van der Waals surface area contributed by atoms with Gasteiger partial charge in [-0.3, -0.25) is 0 Å². The van der Waals surface area contributed by atoms with E-state index >= 15 is 0 Å². The van der Waals surface area contributed by atoms with E-state index in [0.29, 0.717) is 18.6 Å². The Balaban J connectivity index is 2.78. The lowest BCUT2D eigenvalue weighted by atomic mass is 10.0. The highest BCUT2D eigenvalue weighted by atomic mass is 16.5. The predicted molar refractivity (Wildman–Crippen MR) is 69.7 cm³/mol. The number of nitrogens with one attached hydrogen (secondary N) is 1. The average molecular weight is 221 g/mol. The van der Waals surface area contributed by atoms with Crippen molar-refractivity contribution in [2.75, 3.05) is 12.4 Å². The minimum Gasteiger partial charge on any atom is -0.382 e. The van der Waals surface area contributed by atoms with Crippen molar-refractivity contribution in [1.82, 2.24) is 0 Å². The van der Waals surface area contributed by atoms with E-state index in [4.69, 9.17) is 4.74 Å². The molecule has 0 fully saturated rings. The van der Waals surface area contributed by atoms with Crippen molar-refractivity contribution in [3.05, 3.63) is 29.8 Å². The topological polar surface area (TPSA) is 21.3 Å². The molecule has 0 saturated heterocycles. The number of para-hydroxylation sites is 1. The van der Waals surface area contributed by atoms with Crippen LogP contribution in [-0.2, 0) is 11.3 Å². The Bertz CT molecular complexity index is 309. The van der Waals surface area contributed by atoms with Gasteiger partial charge in [0, 0.05) is 24.4 Å². The fourth-order valence-electron chi connectivity index (χ4n) is 1.88. The van der Waals surface area contributed by atoms with E-state index in [9.17, 15) is 0 Å². The molecule has 1 rings (SSSR count). The summed E-state index contributed by atoms with van der Waals surface area (Å²) in [6, 6.07) is 8.88. The first-order valence-electron chi connectivity index (χ1n) is 6.02. The zero-order valence-electron chi connectivity index (χ0n) is 10.8. The molecular formula is C14H23NO. The second kappa shape index (κ2) is 6.54. The second-order valence-corrected chi connectivity index (χ2v) is 4.49. The molecule has 16 heavy (non-hydrogen) atoms. The fourth-order valence-corrected chi connectivity index (χ4v) is 1.88. The monoisotopic (exact) mass is 221 g/mol. The first kappa shape index (κ1) is 13.0. The summed E-state index contributed by atoms with van der Waals surface area (Å²) in [5, 5.41) is 3.60. The number of hydrogen-bond donors (Lipinski definition) is 1. The number of methoxy groups -OCH3 is 1. The van der Waals surface area contributed by atoms with Crippen LogP contribution < -0.4 is 5.32 Å². The van der Waals surface area contributed by atoms with Crippen LogP contribution in [0, 0.1) is 5.92 Å². The van der Waals surface area contributed by atoms with Crippen molar-refractivity contribution in [3.63, 3.8) is 0 Å². The summed E-state index contributed by atoms with van der Waals surface area (Å²) in [7, 11) is 1.73. The molecule has 0 aliphatic carbocycles. The summed E-state index contributed by atoms with van der Waals surface area (Å²) in [5.74, 6) is 0.639. The summed E-state index contributed by atoms with van der Waals surface area (Å²) in [4.78, 5) is 0. The molecule has 1 aromatic rings. The molecule has 2 heteroatoms. The highest BCUT2D eigenvalue weighted by molar-refractivity contribution is 5.51. The molecule has 0 aliphatic heterocycles. The van der Waals surface area contributed by atoms with Crippen LogP contribution in [0.4, 0.5) is 5.69 Å². The minimum atomic E-state index is 0.526. The van der Waals surface area contributed by atoms with E-state index in [-0.39, 0.29) is 0 Å². The second-order valence-electron chi connectivity index (χ2n) is 4.49. The van der Waals surface area contributed by atoms with Gasteiger partial charge in [0.25, 0.3) is 0 Å². The first-order valence-corrected chi connectivity index (χ1v) is 6.02. The highest BCUT2D eigenvalue weighted by Gasteiger charge is 2.12. The average Bonchev–Trinajstić information content (AvgIpc) is 2.27. The molecule has 2 nitrogen and oxygen atoms in total. The van der Waals surface area contributed by atoms with Gasteiger partial charge in [-0.25, -0.2) is 0 Å². The zero-order chi connectivity index (χ0) is 12.0. The zero-order valence-corrected chi connectivity index (χ0v) is 10.8. The minimum absolute atomic E-state index is 0.526. The molecule has 0 amide bonds. The van der Waals surface area contributed by atoms with E-state index in [1.54, 1.807) is 7.11 Å². The lowest BCUT2D eigenvalue weighted by Crippen LogP contribution is -2.25. The summed E-state index contributed by atoms with van der Waals surface area (Å²) in [6.45, 7) is 7.38. The molecule has 1 atom stereocenters. The largest absolute Gasteiger partial charge is 0.382 e. The van der Waals surface area contributed by atoms with Crippen LogP contribution in [-0.4, -0.2) is 13.2 Å². The van der Waals surface area contributed by atoms with Crippen molar-refractivity contribution in [1.29, 1.82) is 0 Å². The molecular weight excluding hydrogens is 198 g/mol. The Morgan fingerprint density at radius 2 is 1.94 bits per heavy atom. The lowest BCUT2D eigenvalue weighted by molar-refractivity contribution is 0.185. The standard InChI is InChI=1S/C14H23NO/c1-5-13(11(2)3)15-14-9-7-6-8-12(14)10-16-4/h6-9,11,13,15H,5,10H2,1-4H3. The third-order valence-corrected chi connectivity index (χ3v) is 2.90. The quantitative estimate of drug-likeness (QED) is 0.791. The van der Waals surface area contributed by atoms with E-state index in [2.05, 4.69) is 50.4 Å². The molecule has 0 bridgehead atoms. The van der Waals surface area contributed by atoms with Crippen LogP contribution in [0.1, 0.15) is 32.8 Å². The number of anilines is 1. The molecule has 0 aliphatic rings. The maximum absolute atomic E-state index is 5.20. The summed E-state index contributed by atoms with van der Waals surface area (Å²) in [5.41, 5.74) is 2.43. The van der Waals surface area contributed by atoms with Gasteiger partial charge in [0.1, 0.15) is 0 Å². The lowest BCUT2D eigenvalue weighted by Gasteiger charge is -2.23. The molecule has 0 heterocycles. The third-order valence-electron chi connectivity index (χ3n) is 2.90. The van der Waals surface area contributed by atoms with Gasteiger partial charge in [-0.15, -0.1) is 0 Å². The van der Waals surface area contributed by atoms with Crippen molar-refractivity contribution >= 4 is 5.69 Å². The smallest absolute Gasteiger partial charge is 0.0733 e. The van der Waals surface area contributed by atoms with Crippen LogP contribution in [0.15, 0.2) is 24.3 Å². The van der Waals surface area contributed by atoms with Gasteiger partial charge < -0.3 is 10.1 Å². The van der Waals surface area contributed by atoms with Gasteiger partial charge in [-0.2, -0.15) is 0 Å². The fraction of sp³-hybridized carbons (Fsp3) is 0.571. The molecule has 0 radical (unpaired) electrons. The van der Waals surface area contributed by atoms with Crippen LogP contribution in [0.3, 0.4) is 0 Å². The van der Waals surface area contributed by atoms with Gasteiger partial charge in [0.2, 0.25) is 0 Å². The Morgan fingerprint density at radius 1 is 1.25 bits per heavy atom. The molecule has 1 unspecified atom stereocenters. The van der Waals surface area contributed by atoms with Crippen LogP contribution in [0.5, 0.6) is 0 Å². The molecule has 0 aromatic heterocycles. The Kier molecular flexibility index (Phi) is 5.33. The highest BCUT2D eigenvalue weighted by Crippen LogP contribution is 2.20. The van der Waals surface area contributed by atoms with Gasteiger partial charge in [-0.05, 0) is 18.4 Å². The Labute approximate surface area is 99.0 Å². The van der Waals surface area contributed by atoms with Crippen LogP contribution in [0.25, 0.3) is 0 Å². The predicted octanol–water partition coefficient (Wildman–Crippen LogP) is 3.68. The summed E-state index contributed by atoms with van der Waals surface area (Å²) >= 11 is 0. The SMILES string of the molecule is CCC(Nc1ccccc1COC)C(C)C. The van der Waals surface area contributed by atoms with E-state index in [1.165, 1.54) is 11.3 Å². The van der Waals surface area contributed by atoms with Crippen LogP contribution >= 0.6 is 0 Å². The Hall–Kier alpha value is -1.02. The summed E-state index contributed by atoms with van der Waals surface area (Å²) in [6.07, 6.45) is 1.14. The Morgan fingerprint density at radius 3 is 2.50 bits per heavy atom.